The average molecular weight is 395 g/mol. The largest absolute Gasteiger partial charge is 0.483 e. The van der Waals surface area contributed by atoms with Crippen molar-refractivity contribution in [2.45, 2.75) is 26.7 Å². The number of ether oxygens (including phenoxy) is 1. The third kappa shape index (κ3) is 5.03. The summed E-state index contributed by atoms with van der Waals surface area (Å²) in [4.78, 5) is 24.6. The molecule has 0 atom stereocenters. The summed E-state index contributed by atoms with van der Waals surface area (Å²) in [7, 11) is 0. The summed E-state index contributed by atoms with van der Waals surface area (Å²) < 4.78 is 11.4. The summed E-state index contributed by atoms with van der Waals surface area (Å²) in [5, 5.41) is 12.2. The smallest absolute Gasteiger partial charge is 0.340 e. The first kappa shape index (κ1) is 20.6. The van der Waals surface area contributed by atoms with Crippen LogP contribution in [-0.2, 0) is 11.2 Å². The second kappa shape index (κ2) is 9.39. The molecular formula is C23H25NO5. The predicted molar refractivity (Wildman–Crippen MR) is 111 cm³/mol. The van der Waals surface area contributed by atoms with E-state index in [4.69, 9.17) is 14.3 Å². The van der Waals surface area contributed by atoms with Crippen molar-refractivity contribution >= 4 is 16.9 Å². The van der Waals surface area contributed by atoms with Gasteiger partial charge in [0, 0.05) is 25.1 Å². The molecule has 1 amide bonds. The standard InChI is InChI=1S/C23H25NO5/c1-15-11-19(28-14-21(26)24-9-6-10-25)22-16(2)18(23(27)29-20(22)12-15)13-17-7-4-3-5-8-17/h3-5,7-8,11-12,25H,6,9-10,13-14H2,1-2H3,(H,24,26). The monoisotopic (exact) mass is 395 g/mol. The highest BCUT2D eigenvalue weighted by Crippen LogP contribution is 2.31. The fourth-order valence-electron chi connectivity index (χ4n) is 3.26. The normalized spacial score (nSPS) is 10.9. The van der Waals surface area contributed by atoms with Gasteiger partial charge in [-0.25, -0.2) is 4.79 Å². The molecule has 3 rings (SSSR count). The van der Waals surface area contributed by atoms with Gasteiger partial charge in [0.05, 0.1) is 5.39 Å². The summed E-state index contributed by atoms with van der Waals surface area (Å²) in [6.45, 7) is 4.01. The fourth-order valence-corrected chi connectivity index (χ4v) is 3.26. The van der Waals surface area contributed by atoms with Crippen molar-refractivity contribution in [3.05, 3.63) is 75.1 Å². The van der Waals surface area contributed by atoms with Gasteiger partial charge in [-0.05, 0) is 49.1 Å². The summed E-state index contributed by atoms with van der Waals surface area (Å²) >= 11 is 0. The molecule has 0 radical (unpaired) electrons. The van der Waals surface area contributed by atoms with E-state index in [0.29, 0.717) is 41.7 Å². The van der Waals surface area contributed by atoms with Gasteiger partial charge in [-0.3, -0.25) is 4.79 Å². The van der Waals surface area contributed by atoms with Crippen LogP contribution < -0.4 is 15.7 Å². The Morgan fingerprint density at radius 2 is 1.93 bits per heavy atom. The lowest BCUT2D eigenvalue weighted by molar-refractivity contribution is -0.123. The van der Waals surface area contributed by atoms with Crippen LogP contribution in [0.2, 0.25) is 0 Å². The quantitative estimate of drug-likeness (QED) is 0.452. The number of amides is 1. The number of aliphatic hydroxyl groups is 1. The SMILES string of the molecule is Cc1cc(OCC(=O)NCCCO)c2c(C)c(Cc3ccccc3)c(=O)oc2c1. The van der Waals surface area contributed by atoms with Crippen LogP contribution in [0.4, 0.5) is 0 Å². The number of rotatable bonds is 8. The van der Waals surface area contributed by atoms with E-state index in [-0.39, 0.29) is 24.7 Å². The summed E-state index contributed by atoms with van der Waals surface area (Å²) in [5.41, 5.74) is 3.32. The van der Waals surface area contributed by atoms with E-state index in [2.05, 4.69) is 5.32 Å². The van der Waals surface area contributed by atoms with Gasteiger partial charge < -0.3 is 19.6 Å². The maximum Gasteiger partial charge on any atom is 0.340 e. The second-order valence-corrected chi connectivity index (χ2v) is 7.01. The van der Waals surface area contributed by atoms with Crippen molar-refractivity contribution in [3.8, 4) is 5.75 Å². The number of aliphatic hydroxyl groups excluding tert-OH is 1. The first-order valence-corrected chi connectivity index (χ1v) is 9.61. The molecule has 29 heavy (non-hydrogen) atoms. The van der Waals surface area contributed by atoms with Crippen LogP contribution in [0.25, 0.3) is 11.0 Å². The lowest BCUT2D eigenvalue weighted by Crippen LogP contribution is -2.30. The van der Waals surface area contributed by atoms with Crippen LogP contribution in [0.1, 0.15) is 28.7 Å². The molecule has 0 unspecified atom stereocenters. The zero-order chi connectivity index (χ0) is 20.8. The number of carbonyl (C=O) groups excluding carboxylic acids is 1. The highest BCUT2D eigenvalue weighted by molar-refractivity contribution is 5.89. The van der Waals surface area contributed by atoms with Gasteiger partial charge >= 0.3 is 5.63 Å². The molecule has 1 heterocycles. The van der Waals surface area contributed by atoms with Crippen LogP contribution in [0, 0.1) is 13.8 Å². The second-order valence-electron chi connectivity index (χ2n) is 7.01. The summed E-state index contributed by atoms with van der Waals surface area (Å²) in [6, 6.07) is 13.4. The van der Waals surface area contributed by atoms with Crippen molar-refractivity contribution in [2.24, 2.45) is 0 Å². The molecule has 0 spiro atoms. The molecule has 1 aromatic heterocycles. The molecule has 0 saturated carbocycles. The number of aryl methyl sites for hydroxylation is 2. The molecule has 0 aliphatic carbocycles. The number of nitrogens with one attached hydrogen (secondary N) is 1. The van der Waals surface area contributed by atoms with Crippen molar-refractivity contribution in [1.82, 2.24) is 5.32 Å². The lowest BCUT2D eigenvalue weighted by atomic mass is 9.98. The Balaban J connectivity index is 1.94. The number of hydrogen-bond acceptors (Lipinski definition) is 5. The first-order valence-electron chi connectivity index (χ1n) is 9.61. The van der Waals surface area contributed by atoms with Crippen molar-refractivity contribution in [3.63, 3.8) is 0 Å². The van der Waals surface area contributed by atoms with E-state index in [0.717, 1.165) is 16.7 Å². The van der Waals surface area contributed by atoms with E-state index in [1.54, 1.807) is 6.07 Å². The topological polar surface area (TPSA) is 88.8 Å². The van der Waals surface area contributed by atoms with Gasteiger partial charge in [0.1, 0.15) is 11.3 Å². The molecule has 0 aliphatic rings. The van der Waals surface area contributed by atoms with Gasteiger partial charge in [0.25, 0.3) is 5.91 Å². The van der Waals surface area contributed by atoms with Crippen LogP contribution in [0.3, 0.4) is 0 Å². The highest BCUT2D eigenvalue weighted by atomic mass is 16.5. The number of hydrogen-bond donors (Lipinski definition) is 2. The Hall–Kier alpha value is -3.12. The summed E-state index contributed by atoms with van der Waals surface area (Å²) in [5.74, 6) is 0.237. The van der Waals surface area contributed by atoms with Gasteiger partial charge in [-0.1, -0.05) is 30.3 Å². The minimum absolute atomic E-state index is 0.0199. The summed E-state index contributed by atoms with van der Waals surface area (Å²) in [6.07, 6.45) is 0.951. The third-order valence-corrected chi connectivity index (χ3v) is 4.73. The molecule has 0 saturated heterocycles. The van der Waals surface area contributed by atoms with E-state index < -0.39 is 0 Å². The van der Waals surface area contributed by atoms with E-state index in [9.17, 15) is 9.59 Å². The molecule has 0 bridgehead atoms. The number of fused-ring (bicyclic) bond motifs is 1. The molecule has 2 aromatic carbocycles. The molecule has 152 valence electrons. The van der Waals surface area contributed by atoms with Crippen molar-refractivity contribution in [2.75, 3.05) is 19.8 Å². The maximum atomic E-state index is 12.6. The van der Waals surface area contributed by atoms with E-state index >= 15 is 0 Å². The Bertz CT molecular complexity index is 1060. The van der Waals surface area contributed by atoms with Gasteiger partial charge in [0.2, 0.25) is 0 Å². The Labute approximate surface area is 169 Å². The molecule has 2 N–H and O–H groups in total. The molecule has 0 fully saturated rings. The molecule has 6 nitrogen and oxygen atoms in total. The van der Waals surface area contributed by atoms with E-state index in [1.807, 2.05) is 50.2 Å². The third-order valence-electron chi connectivity index (χ3n) is 4.73. The number of benzene rings is 2. The van der Waals surface area contributed by atoms with Gasteiger partial charge in [-0.15, -0.1) is 0 Å². The maximum absolute atomic E-state index is 12.6. The van der Waals surface area contributed by atoms with Crippen LogP contribution >= 0.6 is 0 Å². The van der Waals surface area contributed by atoms with Crippen LogP contribution in [0.5, 0.6) is 5.75 Å². The van der Waals surface area contributed by atoms with Crippen LogP contribution in [0.15, 0.2) is 51.7 Å². The molecule has 6 heteroatoms. The Kier molecular flexibility index (Phi) is 6.67. The van der Waals surface area contributed by atoms with Gasteiger partial charge in [0.15, 0.2) is 6.61 Å². The minimum atomic E-state index is -0.364. The molecular weight excluding hydrogens is 370 g/mol. The fraction of sp³-hybridized carbons (Fsp3) is 0.304. The minimum Gasteiger partial charge on any atom is -0.483 e. The Morgan fingerprint density at radius 3 is 2.66 bits per heavy atom. The Morgan fingerprint density at radius 1 is 1.17 bits per heavy atom. The van der Waals surface area contributed by atoms with Gasteiger partial charge in [-0.2, -0.15) is 0 Å². The average Bonchev–Trinajstić information content (AvgIpc) is 2.70. The van der Waals surface area contributed by atoms with E-state index in [1.165, 1.54) is 0 Å². The van der Waals surface area contributed by atoms with Crippen molar-refractivity contribution < 1.29 is 19.1 Å². The number of carbonyl (C=O) groups is 1. The lowest BCUT2D eigenvalue weighted by Gasteiger charge is -2.14. The molecule has 0 aliphatic heterocycles. The zero-order valence-corrected chi connectivity index (χ0v) is 16.7. The van der Waals surface area contributed by atoms with Crippen LogP contribution in [-0.4, -0.2) is 30.8 Å². The highest BCUT2D eigenvalue weighted by Gasteiger charge is 2.17. The zero-order valence-electron chi connectivity index (χ0n) is 16.7. The van der Waals surface area contributed by atoms with Crippen molar-refractivity contribution in [1.29, 1.82) is 0 Å². The predicted octanol–water partition coefficient (Wildman–Crippen LogP) is 2.88. The first-order chi connectivity index (χ1) is 14.0. The molecule has 3 aromatic rings.